The predicted octanol–water partition coefficient (Wildman–Crippen LogP) is 0.920. The lowest BCUT2D eigenvalue weighted by Crippen LogP contribution is -2.59. The number of hydrogen-bond donors (Lipinski definition) is 2. The van der Waals surface area contributed by atoms with Crippen molar-refractivity contribution in [2.24, 2.45) is 0 Å². The maximum absolute atomic E-state index is 5.77. The Hall–Kier alpha value is -0.490. The second-order valence-corrected chi connectivity index (χ2v) is 5.40. The summed E-state index contributed by atoms with van der Waals surface area (Å²) < 4.78 is 5.77. The van der Waals surface area contributed by atoms with E-state index in [2.05, 4.69) is 27.9 Å². The van der Waals surface area contributed by atoms with E-state index in [0.717, 1.165) is 43.5 Å². The average Bonchev–Trinajstić information content (AvgIpc) is 2.61. The standard InChI is InChI=1S/C11H19N3OS/c1-9-6-16-10(14-9)5-12-3-4-15-11(2)7-13-8-11/h6,12-13H,3-5,7-8H2,1-2H3. The van der Waals surface area contributed by atoms with Crippen molar-refractivity contribution >= 4 is 11.3 Å². The van der Waals surface area contributed by atoms with Crippen molar-refractivity contribution in [3.8, 4) is 0 Å². The molecule has 2 rings (SSSR count). The highest BCUT2D eigenvalue weighted by Crippen LogP contribution is 2.14. The molecule has 1 aliphatic rings. The first kappa shape index (κ1) is 12.0. The van der Waals surface area contributed by atoms with Crippen LogP contribution in [0.25, 0.3) is 0 Å². The molecule has 0 saturated carbocycles. The van der Waals surface area contributed by atoms with Crippen LogP contribution >= 0.6 is 11.3 Å². The van der Waals surface area contributed by atoms with Crippen molar-refractivity contribution in [2.75, 3.05) is 26.2 Å². The molecule has 0 atom stereocenters. The van der Waals surface area contributed by atoms with E-state index in [1.54, 1.807) is 11.3 Å². The summed E-state index contributed by atoms with van der Waals surface area (Å²) in [5, 5.41) is 9.78. The molecule has 1 fully saturated rings. The van der Waals surface area contributed by atoms with E-state index in [4.69, 9.17) is 4.74 Å². The zero-order valence-corrected chi connectivity index (χ0v) is 10.7. The van der Waals surface area contributed by atoms with Crippen LogP contribution in [-0.2, 0) is 11.3 Å². The second-order valence-electron chi connectivity index (χ2n) is 4.46. The minimum atomic E-state index is 0.0689. The molecule has 0 spiro atoms. The lowest BCUT2D eigenvalue weighted by molar-refractivity contribution is -0.0648. The largest absolute Gasteiger partial charge is 0.371 e. The van der Waals surface area contributed by atoms with Gasteiger partial charge in [0.05, 0.1) is 12.2 Å². The number of aryl methyl sites for hydroxylation is 1. The van der Waals surface area contributed by atoms with Gasteiger partial charge in [-0.15, -0.1) is 11.3 Å². The normalized spacial score (nSPS) is 18.4. The molecule has 0 aromatic carbocycles. The van der Waals surface area contributed by atoms with Crippen LogP contribution < -0.4 is 10.6 Å². The SMILES string of the molecule is Cc1csc(CNCCOC2(C)CNC2)n1. The molecule has 2 heterocycles. The molecule has 1 aromatic rings. The van der Waals surface area contributed by atoms with E-state index >= 15 is 0 Å². The van der Waals surface area contributed by atoms with Crippen LogP contribution in [0.5, 0.6) is 0 Å². The van der Waals surface area contributed by atoms with Crippen LogP contribution in [0.2, 0.25) is 0 Å². The van der Waals surface area contributed by atoms with E-state index in [0.29, 0.717) is 0 Å². The van der Waals surface area contributed by atoms with Crippen molar-refractivity contribution in [1.29, 1.82) is 0 Å². The fraction of sp³-hybridized carbons (Fsp3) is 0.727. The minimum Gasteiger partial charge on any atom is -0.371 e. The maximum Gasteiger partial charge on any atom is 0.107 e. The molecular weight excluding hydrogens is 222 g/mol. The van der Waals surface area contributed by atoms with Crippen molar-refractivity contribution in [3.63, 3.8) is 0 Å². The lowest BCUT2D eigenvalue weighted by Gasteiger charge is -2.39. The Balaban J connectivity index is 1.55. The first-order chi connectivity index (χ1) is 7.68. The molecule has 0 aliphatic carbocycles. The summed E-state index contributed by atoms with van der Waals surface area (Å²) in [6.45, 7) is 8.60. The van der Waals surface area contributed by atoms with Crippen molar-refractivity contribution in [3.05, 3.63) is 16.1 Å². The molecule has 1 aliphatic heterocycles. The summed E-state index contributed by atoms with van der Waals surface area (Å²) in [6.07, 6.45) is 0. The van der Waals surface area contributed by atoms with Gasteiger partial charge in [-0.25, -0.2) is 4.98 Å². The molecule has 16 heavy (non-hydrogen) atoms. The van der Waals surface area contributed by atoms with Gasteiger partial charge in [0.2, 0.25) is 0 Å². The molecule has 2 N–H and O–H groups in total. The van der Waals surface area contributed by atoms with E-state index in [1.165, 1.54) is 0 Å². The monoisotopic (exact) mass is 241 g/mol. The Morgan fingerprint density at radius 2 is 2.44 bits per heavy atom. The highest BCUT2D eigenvalue weighted by atomic mass is 32.1. The van der Waals surface area contributed by atoms with E-state index in [1.807, 2.05) is 6.92 Å². The van der Waals surface area contributed by atoms with Crippen molar-refractivity contribution in [2.45, 2.75) is 26.0 Å². The fourth-order valence-electron chi connectivity index (χ4n) is 1.63. The van der Waals surface area contributed by atoms with Crippen LogP contribution in [0.4, 0.5) is 0 Å². The summed E-state index contributed by atoms with van der Waals surface area (Å²) in [6, 6.07) is 0. The molecule has 90 valence electrons. The molecule has 4 nitrogen and oxygen atoms in total. The highest BCUT2D eigenvalue weighted by molar-refractivity contribution is 7.09. The van der Waals surface area contributed by atoms with E-state index in [9.17, 15) is 0 Å². The molecule has 0 amide bonds. The van der Waals surface area contributed by atoms with Gasteiger partial charge in [-0.05, 0) is 13.8 Å². The Morgan fingerprint density at radius 1 is 1.62 bits per heavy atom. The molecule has 5 heteroatoms. The molecule has 0 radical (unpaired) electrons. The zero-order chi connectivity index (χ0) is 11.4. The van der Waals surface area contributed by atoms with Gasteiger partial charge in [-0.2, -0.15) is 0 Å². The Morgan fingerprint density at radius 3 is 3.00 bits per heavy atom. The quantitative estimate of drug-likeness (QED) is 0.727. The Labute approximate surface area is 100 Å². The third kappa shape index (κ3) is 3.25. The molecule has 0 bridgehead atoms. The predicted molar refractivity (Wildman–Crippen MR) is 65.8 cm³/mol. The lowest BCUT2D eigenvalue weighted by atomic mass is 10.0. The third-order valence-corrected chi connectivity index (χ3v) is 3.64. The number of nitrogens with zero attached hydrogens (tertiary/aromatic N) is 1. The summed E-state index contributed by atoms with van der Waals surface area (Å²) in [7, 11) is 0. The topological polar surface area (TPSA) is 46.2 Å². The molecule has 1 saturated heterocycles. The van der Waals surface area contributed by atoms with E-state index < -0.39 is 0 Å². The van der Waals surface area contributed by atoms with Crippen LogP contribution in [0.15, 0.2) is 5.38 Å². The van der Waals surface area contributed by atoms with Gasteiger partial charge in [-0.3, -0.25) is 0 Å². The van der Waals surface area contributed by atoms with Crippen LogP contribution in [0.3, 0.4) is 0 Å². The number of rotatable bonds is 6. The molecule has 1 aromatic heterocycles. The highest BCUT2D eigenvalue weighted by Gasteiger charge is 2.31. The van der Waals surface area contributed by atoms with Gasteiger partial charge in [0.1, 0.15) is 5.01 Å². The number of nitrogens with one attached hydrogen (secondary N) is 2. The molecule has 0 unspecified atom stereocenters. The smallest absolute Gasteiger partial charge is 0.107 e. The van der Waals surface area contributed by atoms with Crippen LogP contribution in [-0.4, -0.2) is 36.8 Å². The second kappa shape index (κ2) is 5.23. The number of aromatic nitrogens is 1. The minimum absolute atomic E-state index is 0.0689. The fourth-order valence-corrected chi connectivity index (χ4v) is 2.37. The van der Waals surface area contributed by atoms with Gasteiger partial charge >= 0.3 is 0 Å². The van der Waals surface area contributed by atoms with Crippen molar-refractivity contribution < 1.29 is 4.74 Å². The summed E-state index contributed by atoms with van der Waals surface area (Å²) in [4.78, 5) is 4.39. The van der Waals surface area contributed by atoms with Gasteiger partial charge in [0, 0.05) is 37.3 Å². The van der Waals surface area contributed by atoms with Crippen LogP contribution in [0, 0.1) is 6.92 Å². The Bertz CT molecular complexity index is 336. The summed E-state index contributed by atoms with van der Waals surface area (Å²) >= 11 is 1.70. The molecular formula is C11H19N3OS. The van der Waals surface area contributed by atoms with Gasteiger partial charge in [-0.1, -0.05) is 0 Å². The first-order valence-corrected chi connectivity index (χ1v) is 6.52. The van der Waals surface area contributed by atoms with Crippen molar-refractivity contribution in [1.82, 2.24) is 15.6 Å². The average molecular weight is 241 g/mol. The van der Waals surface area contributed by atoms with Gasteiger partial charge < -0.3 is 15.4 Å². The number of thiazole rings is 1. The third-order valence-electron chi connectivity index (χ3n) is 2.67. The summed E-state index contributed by atoms with van der Waals surface area (Å²) in [5.41, 5.74) is 1.17. The summed E-state index contributed by atoms with van der Waals surface area (Å²) in [5.74, 6) is 0. The number of hydrogen-bond acceptors (Lipinski definition) is 5. The van der Waals surface area contributed by atoms with Gasteiger partial charge in [0.25, 0.3) is 0 Å². The van der Waals surface area contributed by atoms with Gasteiger partial charge in [0.15, 0.2) is 0 Å². The van der Waals surface area contributed by atoms with Crippen LogP contribution in [0.1, 0.15) is 17.6 Å². The zero-order valence-electron chi connectivity index (χ0n) is 9.88. The maximum atomic E-state index is 5.77. The first-order valence-electron chi connectivity index (χ1n) is 5.64. The Kier molecular flexibility index (Phi) is 3.91. The van der Waals surface area contributed by atoms with E-state index in [-0.39, 0.29) is 5.60 Å². The number of ether oxygens (including phenoxy) is 1.